The number of ether oxygens (including phenoxy) is 2. The molecule has 0 bridgehead atoms. The lowest BCUT2D eigenvalue weighted by molar-refractivity contribution is 0.0944. The third kappa shape index (κ3) is 6.57. The average Bonchev–Trinajstić information content (AvgIpc) is 2.58. The number of carbonyl (C=O) groups excluding carboxylic acids is 1. The molecule has 142 valence electrons. The molecule has 25 heavy (non-hydrogen) atoms. The van der Waals surface area contributed by atoms with Crippen LogP contribution >= 0.6 is 24.0 Å². The first-order chi connectivity index (χ1) is 11.5. The van der Waals surface area contributed by atoms with Gasteiger partial charge < -0.3 is 20.1 Å². The van der Waals surface area contributed by atoms with Crippen molar-refractivity contribution in [2.24, 2.45) is 11.8 Å². The summed E-state index contributed by atoms with van der Waals surface area (Å²) in [6.07, 6.45) is 2.29. The van der Waals surface area contributed by atoms with E-state index in [1.54, 1.807) is 19.2 Å². The molecule has 1 unspecified atom stereocenters. The Balaban J connectivity index is 0.00000312. The summed E-state index contributed by atoms with van der Waals surface area (Å²) < 4.78 is 11.1. The molecule has 1 atom stereocenters. The smallest absolute Gasteiger partial charge is 0.251 e. The van der Waals surface area contributed by atoms with E-state index in [9.17, 15) is 4.79 Å². The van der Waals surface area contributed by atoms with Crippen molar-refractivity contribution < 1.29 is 14.3 Å². The van der Waals surface area contributed by atoms with Crippen LogP contribution < -0.4 is 20.1 Å². The fourth-order valence-corrected chi connectivity index (χ4v) is 2.94. The minimum atomic E-state index is -0.142. The van der Waals surface area contributed by atoms with Gasteiger partial charge in [-0.25, -0.2) is 0 Å². The van der Waals surface area contributed by atoms with Gasteiger partial charge in [-0.15, -0.1) is 12.4 Å². The summed E-state index contributed by atoms with van der Waals surface area (Å²) in [5.41, 5.74) is 0.484. The minimum Gasteiger partial charge on any atom is -0.493 e. The Morgan fingerprint density at radius 3 is 2.80 bits per heavy atom. The quantitative estimate of drug-likeness (QED) is 0.747. The Bertz CT molecular complexity index is 561. The van der Waals surface area contributed by atoms with Crippen LogP contribution in [0.15, 0.2) is 12.1 Å². The van der Waals surface area contributed by atoms with Crippen LogP contribution in [0.3, 0.4) is 0 Å². The van der Waals surface area contributed by atoms with Gasteiger partial charge in [0.25, 0.3) is 5.91 Å². The number of carbonyl (C=O) groups is 1. The fourth-order valence-electron chi connectivity index (χ4n) is 2.68. The fraction of sp³-hybridized carbons (Fsp3) is 0.611. The Labute approximate surface area is 161 Å². The SMILES string of the molecule is COc1cc(C(=O)NCC2CCCNC2)cc(Cl)c1OCC(C)C.Cl. The van der Waals surface area contributed by atoms with Crippen LogP contribution in [-0.4, -0.2) is 39.3 Å². The van der Waals surface area contributed by atoms with Gasteiger partial charge in [0, 0.05) is 12.1 Å². The molecule has 0 radical (unpaired) electrons. The van der Waals surface area contributed by atoms with Crippen molar-refractivity contribution in [1.29, 1.82) is 0 Å². The van der Waals surface area contributed by atoms with Crippen LogP contribution in [0, 0.1) is 11.8 Å². The van der Waals surface area contributed by atoms with Crippen molar-refractivity contribution in [1.82, 2.24) is 10.6 Å². The number of halogens is 2. The number of nitrogens with one attached hydrogen (secondary N) is 2. The number of hydrogen-bond donors (Lipinski definition) is 2. The highest BCUT2D eigenvalue weighted by Crippen LogP contribution is 2.36. The van der Waals surface area contributed by atoms with E-state index in [0.29, 0.717) is 47.1 Å². The van der Waals surface area contributed by atoms with Crippen molar-refractivity contribution in [2.75, 3.05) is 33.4 Å². The van der Waals surface area contributed by atoms with Crippen LogP contribution in [0.1, 0.15) is 37.0 Å². The average molecular weight is 391 g/mol. The minimum absolute atomic E-state index is 0. The van der Waals surface area contributed by atoms with Gasteiger partial charge in [0.05, 0.1) is 18.7 Å². The normalized spacial score (nSPS) is 16.9. The molecular formula is C18H28Cl2N2O3. The van der Waals surface area contributed by atoms with Gasteiger partial charge in [0.15, 0.2) is 11.5 Å². The van der Waals surface area contributed by atoms with Crippen molar-refractivity contribution >= 4 is 29.9 Å². The number of rotatable bonds is 7. The largest absolute Gasteiger partial charge is 0.493 e. The molecule has 1 heterocycles. The number of methoxy groups -OCH3 is 1. The lowest BCUT2D eigenvalue weighted by Crippen LogP contribution is -2.38. The molecule has 1 amide bonds. The van der Waals surface area contributed by atoms with Crippen LogP contribution in [0.5, 0.6) is 11.5 Å². The summed E-state index contributed by atoms with van der Waals surface area (Å²) in [6.45, 7) is 7.33. The van der Waals surface area contributed by atoms with E-state index >= 15 is 0 Å². The van der Waals surface area contributed by atoms with Crippen LogP contribution in [0.25, 0.3) is 0 Å². The highest BCUT2D eigenvalue weighted by molar-refractivity contribution is 6.32. The van der Waals surface area contributed by atoms with E-state index < -0.39 is 0 Å². The lowest BCUT2D eigenvalue weighted by atomic mass is 9.99. The van der Waals surface area contributed by atoms with E-state index in [1.807, 2.05) is 0 Å². The summed E-state index contributed by atoms with van der Waals surface area (Å²) in [6, 6.07) is 3.31. The Morgan fingerprint density at radius 1 is 1.44 bits per heavy atom. The van der Waals surface area contributed by atoms with E-state index in [0.717, 1.165) is 25.9 Å². The van der Waals surface area contributed by atoms with Gasteiger partial charge in [0.2, 0.25) is 0 Å². The van der Waals surface area contributed by atoms with Crippen LogP contribution in [0.2, 0.25) is 5.02 Å². The van der Waals surface area contributed by atoms with Crippen molar-refractivity contribution in [3.05, 3.63) is 22.7 Å². The Kier molecular flexibility index (Phi) is 9.39. The standard InChI is InChI=1S/C18H27ClN2O3.ClH/c1-12(2)11-24-17-15(19)7-14(8-16(17)23-3)18(22)21-10-13-5-4-6-20-9-13;/h7-8,12-13,20H,4-6,9-11H2,1-3H3,(H,21,22);1H. The Morgan fingerprint density at radius 2 is 2.20 bits per heavy atom. The van der Waals surface area contributed by atoms with Crippen LogP contribution in [0.4, 0.5) is 0 Å². The zero-order valence-electron chi connectivity index (χ0n) is 15.1. The molecule has 1 fully saturated rings. The predicted octanol–water partition coefficient (Wildman–Crippen LogP) is 3.53. The zero-order valence-corrected chi connectivity index (χ0v) is 16.6. The van der Waals surface area contributed by atoms with E-state index in [2.05, 4.69) is 24.5 Å². The molecule has 0 saturated carbocycles. The summed E-state index contributed by atoms with van der Waals surface area (Å²) in [7, 11) is 1.54. The van der Waals surface area contributed by atoms with Gasteiger partial charge in [-0.1, -0.05) is 25.4 Å². The number of piperidine rings is 1. The molecule has 1 aliphatic heterocycles. The number of benzene rings is 1. The molecule has 7 heteroatoms. The lowest BCUT2D eigenvalue weighted by Gasteiger charge is -2.23. The second-order valence-corrected chi connectivity index (χ2v) is 7.02. The van der Waals surface area contributed by atoms with Gasteiger partial charge in [-0.2, -0.15) is 0 Å². The molecule has 1 aromatic rings. The highest BCUT2D eigenvalue weighted by atomic mass is 35.5. The van der Waals surface area contributed by atoms with Crippen molar-refractivity contribution in [3.8, 4) is 11.5 Å². The maximum atomic E-state index is 12.4. The monoisotopic (exact) mass is 390 g/mol. The summed E-state index contributed by atoms with van der Waals surface area (Å²) in [5, 5.41) is 6.72. The zero-order chi connectivity index (χ0) is 17.5. The predicted molar refractivity (Wildman–Crippen MR) is 104 cm³/mol. The van der Waals surface area contributed by atoms with Gasteiger partial charge in [0.1, 0.15) is 0 Å². The van der Waals surface area contributed by atoms with Crippen molar-refractivity contribution in [2.45, 2.75) is 26.7 Å². The maximum absolute atomic E-state index is 12.4. The molecule has 1 aromatic carbocycles. The molecule has 2 rings (SSSR count). The Hall–Kier alpha value is -1.17. The summed E-state index contributed by atoms with van der Waals surface area (Å²) >= 11 is 6.29. The van der Waals surface area contributed by atoms with Crippen LogP contribution in [-0.2, 0) is 0 Å². The molecule has 0 aliphatic carbocycles. The molecule has 2 N–H and O–H groups in total. The first-order valence-corrected chi connectivity index (χ1v) is 8.88. The summed E-state index contributed by atoms with van der Waals surface area (Å²) in [5.74, 6) is 1.68. The molecule has 0 aromatic heterocycles. The van der Waals surface area contributed by atoms with Gasteiger partial charge >= 0.3 is 0 Å². The second-order valence-electron chi connectivity index (χ2n) is 6.62. The second kappa shape index (κ2) is 10.7. The molecule has 1 aliphatic rings. The molecule has 1 saturated heterocycles. The van der Waals surface area contributed by atoms with Gasteiger partial charge in [-0.05, 0) is 49.9 Å². The van der Waals surface area contributed by atoms with E-state index in [1.165, 1.54) is 0 Å². The van der Waals surface area contributed by atoms with E-state index in [-0.39, 0.29) is 18.3 Å². The molecular weight excluding hydrogens is 363 g/mol. The first-order valence-electron chi connectivity index (χ1n) is 8.50. The summed E-state index contributed by atoms with van der Waals surface area (Å²) in [4.78, 5) is 12.4. The first kappa shape index (κ1) is 21.9. The van der Waals surface area contributed by atoms with E-state index in [4.69, 9.17) is 21.1 Å². The number of hydrogen-bond acceptors (Lipinski definition) is 4. The third-order valence-corrected chi connectivity index (χ3v) is 4.28. The highest BCUT2D eigenvalue weighted by Gasteiger charge is 2.18. The number of amides is 1. The molecule has 5 nitrogen and oxygen atoms in total. The molecule has 0 spiro atoms. The van der Waals surface area contributed by atoms with Crippen molar-refractivity contribution in [3.63, 3.8) is 0 Å². The topological polar surface area (TPSA) is 59.6 Å². The van der Waals surface area contributed by atoms with Gasteiger partial charge in [-0.3, -0.25) is 4.79 Å². The third-order valence-electron chi connectivity index (χ3n) is 4.00. The maximum Gasteiger partial charge on any atom is 0.251 e.